The van der Waals surface area contributed by atoms with Crippen LogP contribution in [0.25, 0.3) is 0 Å². The van der Waals surface area contributed by atoms with Crippen LogP contribution in [0.4, 0.5) is 0 Å². The van der Waals surface area contributed by atoms with Crippen LogP contribution >= 0.6 is 0 Å². The lowest BCUT2D eigenvalue weighted by molar-refractivity contribution is -0.0249. The van der Waals surface area contributed by atoms with Crippen molar-refractivity contribution >= 4 is 0 Å². The van der Waals surface area contributed by atoms with Crippen LogP contribution in [0.2, 0.25) is 0 Å². The smallest absolute Gasteiger partial charge is 0.0620 e. The van der Waals surface area contributed by atoms with Crippen molar-refractivity contribution in [3.63, 3.8) is 0 Å². The Kier molecular flexibility index (Phi) is 2.78. The van der Waals surface area contributed by atoms with Crippen LogP contribution in [0.5, 0.6) is 0 Å². The zero-order valence-corrected chi connectivity index (χ0v) is 11.0. The Morgan fingerprint density at radius 1 is 1.44 bits per heavy atom. The summed E-state index contributed by atoms with van der Waals surface area (Å²) in [6, 6.07) is 0. The fraction of sp³-hybridized carbons (Fsp3) is 0.733. The van der Waals surface area contributed by atoms with E-state index in [2.05, 4.69) is 32.1 Å². The molecular weight excluding hydrogens is 196 g/mol. The van der Waals surface area contributed by atoms with Gasteiger partial charge >= 0.3 is 0 Å². The lowest BCUT2D eigenvalue weighted by Crippen LogP contribution is -2.42. The van der Waals surface area contributed by atoms with Gasteiger partial charge < -0.3 is 5.11 Å². The van der Waals surface area contributed by atoms with Crippen LogP contribution in [0.15, 0.2) is 23.8 Å². The summed E-state index contributed by atoms with van der Waals surface area (Å²) in [5.41, 5.74) is 1.29. The zero-order valence-electron chi connectivity index (χ0n) is 11.0. The first-order valence-electron chi connectivity index (χ1n) is 6.41. The molecule has 0 radical (unpaired) electrons. The quantitative estimate of drug-likeness (QED) is 0.714. The van der Waals surface area contributed by atoms with Crippen molar-refractivity contribution in [1.82, 2.24) is 0 Å². The number of aliphatic hydroxyl groups is 1. The summed E-state index contributed by atoms with van der Waals surface area (Å²) in [5.74, 6) is 1.07. The maximum atomic E-state index is 10.2. The van der Waals surface area contributed by atoms with Crippen LogP contribution in [0, 0.1) is 17.3 Å². The number of hydrogen-bond donors (Lipinski definition) is 1. The summed E-state index contributed by atoms with van der Waals surface area (Å²) in [4.78, 5) is 0. The maximum Gasteiger partial charge on any atom is 0.0620 e. The van der Waals surface area contributed by atoms with Crippen LogP contribution in [0.1, 0.15) is 47.0 Å². The zero-order chi connectivity index (χ0) is 12.0. The van der Waals surface area contributed by atoms with E-state index in [1.807, 2.05) is 13.8 Å². The minimum absolute atomic E-state index is 0.334. The number of hydrogen-bond acceptors (Lipinski definition) is 1. The predicted octanol–water partition coefficient (Wildman–Crippen LogP) is 3.70. The second-order valence-electron chi connectivity index (χ2n) is 6.45. The average molecular weight is 220 g/mol. The molecule has 0 aliphatic heterocycles. The highest BCUT2D eigenvalue weighted by Crippen LogP contribution is 2.51. The van der Waals surface area contributed by atoms with E-state index in [0.29, 0.717) is 17.3 Å². The topological polar surface area (TPSA) is 20.2 Å². The lowest BCUT2D eigenvalue weighted by Gasteiger charge is -2.47. The molecule has 0 spiro atoms. The Hall–Kier alpha value is -0.560. The highest BCUT2D eigenvalue weighted by Gasteiger charge is 2.43. The van der Waals surface area contributed by atoms with Gasteiger partial charge in [-0.2, -0.15) is 0 Å². The van der Waals surface area contributed by atoms with Gasteiger partial charge in [0.05, 0.1) is 5.60 Å². The van der Waals surface area contributed by atoms with Crippen LogP contribution < -0.4 is 0 Å². The largest absolute Gasteiger partial charge is 0.390 e. The van der Waals surface area contributed by atoms with E-state index in [9.17, 15) is 5.11 Å². The van der Waals surface area contributed by atoms with Gasteiger partial charge in [-0.15, -0.1) is 0 Å². The molecule has 0 unspecified atom stereocenters. The molecule has 2 aliphatic rings. The molecule has 1 nitrogen and oxygen atoms in total. The molecular formula is C15H24O. The fourth-order valence-electron chi connectivity index (χ4n) is 3.41. The molecule has 0 saturated heterocycles. The molecule has 1 saturated carbocycles. The van der Waals surface area contributed by atoms with Gasteiger partial charge in [0, 0.05) is 0 Å². The van der Waals surface area contributed by atoms with E-state index in [-0.39, 0.29) is 0 Å². The molecule has 0 bridgehead atoms. The van der Waals surface area contributed by atoms with E-state index in [0.717, 1.165) is 12.8 Å². The van der Waals surface area contributed by atoms with Gasteiger partial charge in [0.25, 0.3) is 0 Å². The van der Waals surface area contributed by atoms with Crippen LogP contribution in [-0.4, -0.2) is 10.7 Å². The standard InChI is InChI=1S/C15H24O/c1-11-6-5-8-15(4)9-7-12(10-13(11)15)14(2,3)16/h5-6,8,12-13,16H,7,9-10H2,1-4H3/t12-,13+,15-/m1/s1. The third-order valence-corrected chi connectivity index (χ3v) is 4.73. The Morgan fingerprint density at radius 2 is 2.12 bits per heavy atom. The Morgan fingerprint density at radius 3 is 2.75 bits per heavy atom. The van der Waals surface area contributed by atoms with E-state index in [4.69, 9.17) is 0 Å². The van der Waals surface area contributed by atoms with Crippen LogP contribution in [-0.2, 0) is 0 Å². The highest BCUT2D eigenvalue weighted by atomic mass is 16.3. The molecule has 0 aromatic heterocycles. The van der Waals surface area contributed by atoms with Crippen molar-refractivity contribution in [1.29, 1.82) is 0 Å². The van der Waals surface area contributed by atoms with E-state index >= 15 is 0 Å². The molecule has 1 heteroatoms. The molecule has 0 aromatic rings. The van der Waals surface area contributed by atoms with Gasteiger partial charge in [-0.3, -0.25) is 0 Å². The SMILES string of the molecule is CC1=CC=C[C@]2(C)CC[C@@H](C(C)(C)O)C[C@@H]12. The number of fused-ring (bicyclic) bond motifs is 1. The first-order chi connectivity index (χ1) is 7.33. The number of allylic oxidation sites excluding steroid dienone is 4. The van der Waals surface area contributed by atoms with Crippen molar-refractivity contribution in [2.75, 3.05) is 0 Å². The summed E-state index contributed by atoms with van der Waals surface area (Å²) in [7, 11) is 0. The van der Waals surface area contributed by atoms with Crippen molar-refractivity contribution in [2.45, 2.75) is 52.6 Å². The highest BCUT2D eigenvalue weighted by molar-refractivity contribution is 5.26. The summed E-state index contributed by atoms with van der Waals surface area (Å²) in [5, 5.41) is 10.2. The first-order valence-corrected chi connectivity index (χ1v) is 6.41. The third-order valence-electron chi connectivity index (χ3n) is 4.73. The summed E-state index contributed by atoms with van der Waals surface area (Å²) < 4.78 is 0. The predicted molar refractivity (Wildman–Crippen MR) is 68.1 cm³/mol. The van der Waals surface area contributed by atoms with Crippen molar-refractivity contribution in [2.24, 2.45) is 17.3 Å². The number of rotatable bonds is 1. The molecule has 2 rings (SSSR count). The van der Waals surface area contributed by atoms with Gasteiger partial charge in [0.1, 0.15) is 0 Å². The molecule has 1 N–H and O–H groups in total. The normalized spacial score (nSPS) is 39.2. The van der Waals surface area contributed by atoms with Gasteiger partial charge in [-0.05, 0) is 57.3 Å². The van der Waals surface area contributed by atoms with Crippen molar-refractivity contribution < 1.29 is 5.11 Å². The van der Waals surface area contributed by atoms with Gasteiger partial charge in [0.2, 0.25) is 0 Å². The van der Waals surface area contributed by atoms with Crippen LogP contribution in [0.3, 0.4) is 0 Å². The van der Waals surface area contributed by atoms with Gasteiger partial charge in [0.15, 0.2) is 0 Å². The van der Waals surface area contributed by atoms with Gasteiger partial charge in [-0.25, -0.2) is 0 Å². The van der Waals surface area contributed by atoms with E-state index in [1.54, 1.807) is 0 Å². The summed E-state index contributed by atoms with van der Waals surface area (Å²) >= 11 is 0. The maximum absolute atomic E-state index is 10.2. The Labute approximate surface area is 99.3 Å². The first kappa shape index (κ1) is 11.9. The molecule has 0 amide bonds. The minimum Gasteiger partial charge on any atom is -0.390 e. The summed E-state index contributed by atoms with van der Waals surface area (Å²) in [6.07, 6.45) is 10.3. The Bertz CT molecular complexity index is 332. The average Bonchev–Trinajstić information content (AvgIpc) is 2.15. The lowest BCUT2D eigenvalue weighted by atomic mass is 9.58. The van der Waals surface area contributed by atoms with Crippen molar-refractivity contribution in [3.8, 4) is 0 Å². The molecule has 3 atom stereocenters. The molecule has 0 aromatic carbocycles. The molecule has 1 fully saturated rings. The fourth-order valence-corrected chi connectivity index (χ4v) is 3.41. The van der Waals surface area contributed by atoms with E-state index < -0.39 is 5.60 Å². The second kappa shape index (κ2) is 3.73. The minimum atomic E-state index is -0.525. The van der Waals surface area contributed by atoms with E-state index in [1.165, 1.54) is 12.0 Å². The monoisotopic (exact) mass is 220 g/mol. The molecule has 16 heavy (non-hydrogen) atoms. The van der Waals surface area contributed by atoms with Crippen molar-refractivity contribution in [3.05, 3.63) is 23.8 Å². The summed E-state index contributed by atoms with van der Waals surface area (Å²) in [6.45, 7) is 8.51. The molecule has 90 valence electrons. The Balaban J connectivity index is 2.21. The molecule has 0 heterocycles. The second-order valence-corrected chi connectivity index (χ2v) is 6.45. The third kappa shape index (κ3) is 1.98. The van der Waals surface area contributed by atoms with Gasteiger partial charge in [-0.1, -0.05) is 30.7 Å². The molecule has 2 aliphatic carbocycles.